The van der Waals surface area contributed by atoms with Crippen LogP contribution in [-0.2, 0) is 0 Å². The molecule has 1 aliphatic carbocycles. The molecule has 5 rings (SSSR count). The SMILES string of the molecule is O=C(NC(c1ccccc1)C1CCC1)N1CCCC1c1ccc2c(c1)OCCO2. The van der Waals surface area contributed by atoms with Gasteiger partial charge in [-0.2, -0.15) is 0 Å². The van der Waals surface area contributed by atoms with Crippen LogP contribution in [0.5, 0.6) is 11.5 Å². The lowest BCUT2D eigenvalue weighted by molar-refractivity contribution is 0.167. The molecule has 152 valence electrons. The molecule has 0 radical (unpaired) electrons. The molecule has 2 aromatic carbocycles. The average molecular weight is 392 g/mol. The first-order valence-electron chi connectivity index (χ1n) is 10.8. The Bertz CT molecular complexity index is 866. The molecule has 2 aromatic rings. The van der Waals surface area contributed by atoms with Gasteiger partial charge in [0, 0.05) is 6.54 Å². The maximum atomic E-state index is 13.3. The molecule has 1 saturated heterocycles. The molecule has 0 spiro atoms. The fourth-order valence-corrected chi connectivity index (χ4v) is 4.75. The summed E-state index contributed by atoms with van der Waals surface area (Å²) >= 11 is 0. The molecule has 2 aliphatic heterocycles. The summed E-state index contributed by atoms with van der Waals surface area (Å²) in [4.78, 5) is 15.3. The van der Waals surface area contributed by atoms with Gasteiger partial charge in [0.05, 0.1) is 12.1 Å². The molecule has 1 saturated carbocycles. The number of benzene rings is 2. The second-order valence-electron chi connectivity index (χ2n) is 8.28. The first-order valence-corrected chi connectivity index (χ1v) is 10.8. The summed E-state index contributed by atoms with van der Waals surface area (Å²) in [6, 6.07) is 16.7. The van der Waals surface area contributed by atoms with Gasteiger partial charge in [-0.25, -0.2) is 4.79 Å². The lowest BCUT2D eigenvalue weighted by atomic mass is 9.77. The third-order valence-electron chi connectivity index (χ3n) is 6.52. The fraction of sp³-hybridized carbons (Fsp3) is 0.458. The Morgan fingerprint density at radius 1 is 0.966 bits per heavy atom. The predicted octanol–water partition coefficient (Wildman–Crippen LogP) is 4.85. The van der Waals surface area contributed by atoms with Crippen LogP contribution in [0.2, 0.25) is 0 Å². The summed E-state index contributed by atoms with van der Waals surface area (Å²) in [7, 11) is 0. The highest BCUT2D eigenvalue weighted by atomic mass is 16.6. The van der Waals surface area contributed by atoms with Crippen molar-refractivity contribution in [1.29, 1.82) is 0 Å². The molecule has 0 aromatic heterocycles. The van der Waals surface area contributed by atoms with Gasteiger partial charge >= 0.3 is 6.03 Å². The molecule has 5 nitrogen and oxygen atoms in total. The molecular weight excluding hydrogens is 364 g/mol. The van der Waals surface area contributed by atoms with E-state index in [1.807, 2.05) is 23.1 Å². The predicted molar refractivity (Wildman–Crippen MR) is 111 cm³/mol. The molecule has 2 heterocycles. The standard InChI is InChI=1S/C24H28N2O3/c27-24(25-23(18-8-4-9-18)17-6-2-1-3-7-17)26-13-5-10-20(26)19-11-12-21-22(16-19)29-15-14-28-21/h1-3,6-7,11-12,16,18,20,23H,4-5,8-10,13-15H2,(H,25,27). The minimum atomic E-state index is 0.0446. The number of nitrogens with one attached hydrogen (secondary N) is 1. The van der Waals surface area contributed by atoms with Crippen LogP contribution in [0.25, 0.3) is 0 Å². The highest BCUT2D eigenvalue weighted by Gasteiger charge is 2.35. The Kier molecular flexibility index (Phi) is 5.04. The van der Waals surface area contributed by atoms with E-state index in [4.69, 9.17) is 9.47 Å². The summed E-state index contributed by atoms with van der Waals surface area (Å²) in [5.41, 5.74) is 2.34. The number of urea groups is 1. The molecule has 2 amide bonds. The van der Waals surface area contributed by atoms with Crippen molar-refractivity contribution in [3.05, 3.63) is 59.7 Å². The topological polar surface area (TPSA) is 50.8 Å². The van der Waals surface area contributed by atoms with Gasteiger partial charge in [0.15, 0.2) is 11.5 Å². The molecule has 0 bridgehead atoms. The molecule has 29 heavy (non-hydrogen) atoms. The van der Waals surface area contributed by atoms with Gasteiger partial charge in [0.2, 0.25) is 0 Å². The van der Waals surface area contributed by atoms with Crippen molar-refractivity contribution < 1.29 is 14.3 Å². The first kappa shape index (κ1) is 18.3. The summed E-state index contributed by atoms with van der Waals surface area (Å²) in [5.74, 6) is 2.12. The van der Waals surface area contributed by atoms with Crippen LogP contribution >= 0.6 is 0 Å². The van der Waals surface area contributed by atoms with Crippen LogP contribution in [0.1, 0.15) is 55.3 Å². The summed E-state index contributed by atoms with van der Waals surface area (Å²) in [6.07, 6.45) is 5.63. The van der Waals surface area contributed by atoms with E-state index < -0.39 is 0 Å². The van der Waals surface area contributed by atoms with E-state index in [1.54, 1.807) is 0 Å². The molecule has 2 fully saturated rings. The molecule has 1 N–H and O–H groups in total. The van der Waals surface area contributed by atoms with E-state index in [9.17, 15) is 4.79 Å². The number of carbonyl (C=O) groups is 1. The number of hydrogen-bond donors (Lipinski definition) is 1. The summed E-state index contributed by atoms with van der Waals surface area (Å²) in [6.45, 7) is 1.95. The van der Waals surface area contributed by atoms with Crippen LogP contribution in [0.15, 0.2) is 48.5 Å². The third kappa shape index (κ3) is 3.66. The largest absolute Gasteiger partial charge is 0.486 e. The summed E-state index contributed by atoms with van der Waals surface area (Å²) in [5, 5.41) is 3.37. The minimum absolute atomic E-state index is 0.0446. The van der Waals surface area contributed by atoms with Crippen LogP contribution < -0.4 is 14.8 Å². The van der Waals surface area contributed by atoms with Crippen molar-refractivity contribution in [1.82, 2.24) is 10.2 Å². The van der Waals surface area contributed by atoms with Gasteiger partial charge in [0.1, 0.15) is 13.2 Å². The molecule has 5 heteroatoms. The quantitative estimate of drug-likeness (QED) is 0.810. The number of ether oxygens (including phenoxy) is 2. The Hall–Kier alpha value is -2.69. The van der Waals surface area contributed by atoms with E-state index in [1.165, 1.54) is 24.8 Å². The molecule has 2 unspecified atom stereocenters. The number of hydrogen-bond acceptors (Lipinski definition) is 3. The normalized spacial score (nSPS) is 22.1. The zero-order valence-corrected chi connectivity index (χ0v) is 16.7. The van der Waals surface area contributed by atoms with E-state index >= 15 is 0 Å². The lowest BCUT2D eigenvalue weighted by Crippen LogP contribution is -2.44. The fourth-order valence-electron chi connectivity index (χ4n) is 4.75. The number of carbonyl (C=O) groups excluding carboxylic acids is 1. The van der Waals surface area contributed by atoms with Crippen molar-refractivity contribution in [2.75, 3.05) is 19.8 Å². The van der Waals surface area contributed by atoms with E-state index in [-0.39, 0.29) is 18.1 Å². The second-order valence-corrected chi connectivity index (χ2v) is 8.28. The Labute approximate surface area is 172 Å². The van der Waals surface area contributed by atoms with E-state index in [0.717, 1.165) is 36.4 Å². The number of nitrogens with zero attached hydrogens (tertiary/aromatic N) is 1. The monoisotopic (exact) mass is 392 g/mol. The zero-order chi connectivity index (χ0) is 19.6. The van der Waals surface area contributed by atoms with Crippen LogP contribution in [0.3, 0.4) is 0 Å². The first-order chi connectivity index (χ1) is 14.3. The maximum absolute atomic E-state index is 13.3. The zero-order valence-electron chi connectivity index (χ0n) is 16.7. The molecular formula is C24H28N2O3. The Morgan fingerprint density at radius 2 is 1.76 bits per heavy atom. The second kappa shape index (κ2) is 7.97. The molecule has 2 atom stereocenters. The van der Waals surface area contributed by atoms with Gasteiger partial charge in [0.25, 0.3) is 0 Å². The highest BCUT2D eigenvalue weighted by molar-refractivity contribution is 5.76. The van der Waals surface area contributed by atoms with Gasteiger partial charge in [-0.15, -0.1) is 0 Å². The Balaban J connectivity index is 1.34. The van der Waals surface area contributed by atoms with E-state index in [0.29, 0.717) is 19.1 Å². The van der Waals surface area contributed by atoms with Crippen molar-refractivity contribution in [3.8, 4) is 11.5 Å². The van der Waals surface area contributed by atoms with Crippen molar-refractivity contribution >= 4 is 6.03 Å². The maximum Gasteiger partial charge on any atom is 0.318 e. The number of likely N-dealkylation sites (tertiary alicyclic amines) is 1. The number of rotatable bonds is 4. The highest BCUT2D eigenvalue weighted by Crippen LogP contribution is 2.40. The smallest absolute Gasteiger partial charge is 0.318 e. The average Bonchev–Trinajstić information content (AvgIpc) is 3.22. The van der Waals surface area contributed by atoms with Crippen molar-refractivity contribution in [2.45, 2.75) is 44.2 Å². The Morgan fingerprint density at radius 3 is 2.52 bits per heavy atom. The summed E-state index contributed by atoms with van der Waals surface area (Å²) < 4.78 is 11.4. The van der Waals surface area contributed by atoms with Crippen LogP contribution in [0.4, 0.5) is 4.79 Å². The van der Waals surface area contributed by atoms with Crippen molar-refractivity contribution in [3.63, 3.8) is 0 Å². The van der Waals surface area contributed by atoms with Gasteiger partial charge in [-0.05, 0) is 54.9 Å². The van der Waals surface area contributed by atoms with E-state index in [2.05, 4.69) is 35.6 Å². The van der Waals surface area contributed by atoms with Gasteiger partial charge in [-0.3, -0.25) is 0 Å². The third-order valence-corrected chi connectivity index (χ3v) is 6.52. The lowest BCUT2D eigenvalue weighted by Gasteiger charge is -2.36. The minimum Gasteiger partial charge on any atom is -0.486 e. The van der Waals surface area contributed by atoms with Gasteiger partial charge < -0.3 is 19.7 Å². The number of fused-ring (bicyclic) bond motifs is 1. The van der Waals surface area contributed by atoms with Crippen molar-refractivity contribution in [2.24, 2.45) is 5.92 Å². The van der Waals surface area contributed by atoms with Crippen LogP contribution in [-0.4, -0.2) is 30.7 Å². The number of amides is 2. The van der Waals surface area contributed by atoms with Crippen LogP contribution in [0, 0.1) is 5.92 Å². The molecule has 3 aliphatic rings. The van der Waals surface area contributed by atoms with Gasteiger partial charge in [-0.1, -0.05) is 42.8 Å².